The van der Waals surface area contributed by atoms with Crippen LogP contribution in [0.15, 0.2) is 76.2 Å². The van der Waals surface area contributed by atoms with Crippen molar-refractivity contribution in [2.24, 2.45) is 15.7 Å². The molecule has 5 rings (SSSR count). The van der Waals surface area contributed by atoms with Gasteiger partial charge in [-0.25, -0.2) is 15.0 Å². The lowest BCUT2D eigenvalue weighted by Crippen LogP contribution is -2.49. The fourth-order valence-corrected chi connectivity index (χ4v) is 5.16. The molecule has 3 heterocycles. The Morgan fingerprint density at radius 3 is 2.61 bits per heavy atom. The Kier molecular flexibility index (Phi) is 9.17. The zero-order chi connectivity index (χ0) is 28.6. The number of nitrogens with two attached hydrogens (primary N) is 1. The van der Waals surface area contributed by atoms with Crippen LogP contribution < -0.4 is 16.0 Å². The molecular formula is C30H38N10O. The van der Waals surface area contributed by atoms with Crippen LogP contribution in [0.3, 0.4) is 0 Å². The fourth-order valence-electron chi connectivity index (χ4n) is 5.16. The molecule has 1 fully saturated rings. The second-order valence-corrected chi connectivity index (χ2v) is 10.3. The molecule has 0 unspecified atom stereocenters. The third kappa shape index (κ3) is 7.24. The number of nitrogens with one attached hydrogen (secondary N) is 1. The summed E-state index contributed by atoms with van der Waals surface area (Å²) < 4.78 is 0. The van der Waals surface area contributed by atoms with E-state index in [0.717, 1.165) is 37.2 Å². The molecule has 2 aliphatic heterocycles. The first-order chi connectivity index (χ1) is 20.0. The number of aliphatic imine (C=N–C) groups is 2. The minimum atomic E-state index is 0.174. The third-order valence-corrected chi connectivity index (χ3v) is 7.49. The molecule has 0 spiro atoms. The van der Waals surface area contributed by atoms with Crippen LogP contribution in [-0.2, 0) is 19.4 Å². The molecule has 0 atom stereocenters. The van der Waals surface area contributed by atoms with Gasteiger partial charge in [0.15, 0.2) is 0 Å². The molecule has 1 aromatic heterocycles. The van der Waals surface area contributed by atoms with Gasteiger partial charge < -0.3 is 26.0 Å². The first-order valence-electron chi connectivity index (χ1n) is 14.0. The van der Waals surface area contributed by atoms with Crippen LogP contribution in [0.4, 0.5) is 17.6 Å². The molecule has 2 aliphatic rings. The van der Waals surface area contributed by atoms with Gasteiger partial charge in [0, 0.05) is 51.5 Å². The minimum Gasteiger partial charge on any atom is -0.395 e. The Bertz CT molecular complexity index is 1400. The number of β-amino-alcohol motifs (C(OH)–C–C–N with tert-alkyl or cyclic N) is 1. The van der Waals surface area contributed by atoms with Crippen molar-refractivity contribution in [3.8, 4) is 0 Å². The van der Waals surface area contributed by atoms with Gasteiger partial charge in [0.2, 0.25) is 17.9 Å². The van der Waals surface area contributed by atoms with Crippen LogP contribution >= 0.6 is 0 Å². The lowest BCUT2D eigenvalue weighted by atomic mass is 9.99. The zero-order valence-electron chi connectivity index (χ0n) is 23.6. The number of aliphatic hydroxyl groups is 1. The van der Waals surface area contributed by atoms with Crippen LogP contribution in [0.25, 0.3) is 0 Å². The number of anilines is 3. The van der Waals surface area contributed by atoms with E-state index in [1.54, 1.807) is 0 Å². The molecule has 2 aromatic carbocycles. The van der Waals surface area contributed by atoms with E-state index in [0.29, 0.717) is 56.4 Å². The molecule has 11 heteroatoms. The normalized spacial score (nSPS) is 16.7. The predicted octanol–water partition coefficient (Wildman–Crippen LogP) is 2.58. The Balaban J connectivity index is 1.20. The van der Waals surface area contributed by atoms with Gasteiger partial charge in [0.25, 0.3) is 0 Å². The predicted molar refractivity (Wildman–Crippen MR) is 163 cm³/mol. The number of guanidine groups is 1. The number of hydrogen-bond acceptors (Lipinski definition) is 9. The molecule has 1 saturated heterocycles. The highest BCUT2D eigenvalue weighted by atomic mass is 16.3. The third-order valence-electron chi connectivity index (χ3n) is 7.49. The summed E-state index contributed by atoms with van der Waals surface area (Å²) in [5.41, 5.74) is 12.0. The highest BCUT2D eigenvalue weighted by Gasteiger charge is 2.22. The van der Waals surface area contributed by atoms with Gasteiger partial charge in [-0.3, -0.25) is 4.90 Å². The smallest absolute Gasteiger partial charge is 0.231 e. The maximum atomic E-state index is 9.30. The van der Waals surface area contributed by atoms with E-state index in [-0.39, 0.29) is 6.61 Å². The van der Waals surface area contributed by atoms with E-state index in [1.165, 1.54) is 23.0 Å². The SMILES string of the molecule is C=N/C(=N\C(N)=C(/C)Cc1ccccc1)N1CCN(c2ncnc(Nc3ccc4c(c3)CN(CCO)CC4)n2)CC1. The Morgan fingerprint density at radius 1 is 1.05 bits per heavy atom. The number of fused-ring (bicyclic) bond motifs is 1. The van der Waals surface area contributed by atoms with Crippen LogP contribution in [0.1, 0.15) is 23.6 Å². The van der Waals surface area contributed by atoms with Crippen molar-refractivity contribution in [2.45, 2.75) is 26.3 Å². The Hall–Kier alpha value is -4.35. The molecule has 0 bridgehead atoms. The summed E-state index contributed by atoms with van der Waals surface area (Å²) in [6.07, 6.45) is 3.26. The molecule has 3 aromatic rings. The minimum absolute atomic E-state index is 0.174. The number of piperazine rings is 1. The first-order valence-corrected chi connectivity index (χ1v) is 14.0. The average molecular weight is 555 g/mol. The van der Waals surface area contributed by atoms with Gasteiger partial charge in [-0.15, -0.1) is 0 Å². The maximum absolute atomic E-state index is 9.30. The number of nitrogens with zero attached hydrogens (tertiary/aromatic N) is 8. The molecule has 41 heavy (non-hydrogen) atoms. The van der Waals surface area contributed by atoms with E-state index in [9.17, 15) is 5.11 Å². The summed E-state index contributed by atoms with van der Waals surface area (Å²) in [6.45, 7) is 11.2. The number of hydrogen-bond donors (Lipinski definition) is 3. The summed E-state index contributed by atoms with van der Waals surface area (Å²) in [5, 5.41) is 12.6. The van der Waals surface area contributed by atoms with E-state index in [4.69, 9.17) is 5.73 Å². The van der Waals surface area contributed by atoms with Crippen molar-refractivity contribution in [3.05, 3.63) is 82.9 Å². The van der Waals surface area contributed by atoms with Crippen LogP contribution in [0.5, 0.6) is 0 Å². The second kappa shape index (κ2) is 13.3. The van der Waals surface area contributed by atoms with Crippen molar-refractivity contribution < 1.29 is 5.11 Å². The average Bonchev–Trinajstić information content (AvgIpc) is 3.00. The number of aliphatic hydroxyl groups excluding tert-OH is 1. The Morgan fingerprint density at radius 2 is 1.85 bits per heavy atom. The number of benzene rings is 2. The standard InChI is InChI=1S/C30H38N10O/c1-22(18-23-6-4-3-5-7-23)27(31)36-29(32-2)39-12-14-40(15-13-39)30-34-21-33-28(37-30)35-26-9-8-24-10-11-38(16-17-41)20-25(24)19-26/h3-9,19,21,41H,2,10-18,20,31H2,1H3,(H,33,34,35,37)/b27-22+,36-29+. The topological polar surface area (TPSA) is 131 Å². The highest BCUT2D eigenvalue weighted by molar-refractivity contribution is 5.85. The van der Waals surface area contributed by atoms with E-state index in [2.05, 4.69) is 82.0 Å². The lowest BCUT2D eigenvalue weighted by Gasteiger charge is -2.35. The van der Waals surface area contributed by atoms with Gasteiger partial charge in [-0.1, -0.05) is 36.4 Å². The van der Waals surface area contributed by atoms with Crippen molar-refractivity contribution in [1.82, 2.24) is 24.8 Å². The Labute approximate surface area is 241 Å². The summed E-state index contributed by atoms with van der Waals surface area (Å²) in [5.74, 6) is 2.12. The van der Waals surface area contributed by atoms with Crippen molar-refractivity contribution in [1.29, 1.82) is 0 Å². The summed E-state index contributed by atoms with van der Waals surface area (Å²) in [4.78, 5) is 28.7. The molecule has 11 nitrogen and oxygen atoms in total. The molecular weight excluding hydrogens is 516 g/mol. The number of rotatable bonds is 8. The summed E-state index contributed by atoms with van der Waals surface area (Å²) in [7, 11) is 0. The lowest BCUT2D eigenvalue weighted by molar-refractivity contribution is 0.184. The monoisotopic (exact) mass is 554 g/mol. The largest absolute Gasteiger partial charge is 0.395 e. The van der Waals surface area contributed by atoms with Gasteiger partial charge in [-0.05, 0) is 60.9 Å². The molecule has 214 valence electrons. The molecule has 4 N–H and O–H groups in total. The van der Waals surface area contributed by atoms with Gasteiger partial charge in [-0.2, -0.15) is 9.98 Å². The van der Waals surface area contributed by atoms with E-state index < -0.39 is 0 Å². The maximum Gasteiger partial charge on any atom is 0.231 e. The highest BCUT2D eigenvalue weighted by Crippen LogP contribution is 2.24. The van der Waals surface area contributed by atoms with Crippen LogP contribution in [-0.4, -0.2) is 88.4 Å². The quantitative estimate of drug-likeness (QED) is 0.284. The molecule has 0 radical (unpaired) electrons. The van der Waals surface area contributed by atoms with Crippen molar-refractivity contribution in [2.75, 3.05) is 56.1 Å². The van der Waals surface area contributed by atoms with Gasteiger partial charge in [0.05, 0.1) is 6.61 Å². The summed E-state index contributed by atoms with van der Waals surface area (Å²) >= 11 is 0. The summed E-state index contributed by atoms with van der Waals surface area (Å²) in [6, 6.07) is 16.6. The van der Waals surface area contributed by atoms with E-state index in [1.807, 2.05) is 25.1 Å². The van der Waals surface area contributed by atoms with Crippen LogP contribution in [0, 0.1) is 0 Å². The number of aromatic nitrogens is 3. The van der Waals surface area contributed by atoms with E-state index >= 15 is 0 Å². The van der Waals surface area contributed by atoms with Crippen molar-refractivity contribution in [3.63, 3.8) is 0 Å². The van der Waals surface area contributed by atoms with Gasteiger partial charge in [0.1, 0.15) is 12.1 Å². The zero-order valence-corrected chi connectivity index (χ0v) is 23.6. The molecule has 0 aliphatic carbocycles. The second-order valence-electron chi connectivity index (χ2n) is 10.3. The number of allylic oxidation sites excluding steroid dienone is 1. The fraction of sp³-hybridized carbons (Fsp3) is 0.367. The van der Waals surface area contributed by atoms with Crippen LogP contribution in [0.2, 0.25) is 0 Å². The van der Waals surface area contributed by atoms with Gasteiger partial charge >= 0.3 is 0 Å². The van der Waals surface area contributed by atoms with Crippen molar-refractivity contribution >= 4 is 30.3 Å². The molecule has 0 amide bonds. The first kappa shape index (κ1) is 28.2. The molecule has 0 saturated carbocycles.